The number of furan rings is 2. The summed E-state index contributed by atoms with van der Waals surface area (Å²) in [6, 6.07) is 76.6. The number of aromatic nitrogens is 4. The number of nitrogens with zero attached hydrogens (tertiary/aromatic N) is 4. The first-order chi connectivity index (χ1) is 34.2. The fraction of sp³-hybridized carbons (Fsp3) is 0.0317. The lowest BCUT2D eigenvalue weighted by Crippen LogP contribution is -2.07. The van der Waals surface area contributed by atoms with Gasteiger partial charge in [0.2, 0.25) is 5.95 Å². The molecule has 0 unspecified atom stereocenters. The van der Waals surface area contributed by atoms with Crippen molar-refractivity contribution in [2.24, 2.45) is 0 Å². The molecule has 6 heteroatoms. The molecular weight excluding hydrogens is 845 g/mol. The van der Waals surface area contributed by atoms with Crippen molar-refractivity contribution in [1.29, 1.82) is 0 Å². The minimum atomic E-state index is 0.530. The largest absolute Gasteiger partial charge is 0.456 e. The van der Waals surface area contributed by atoms with Gasteiger partial charge in [-0.2, -0.15) is 9.97 Å². The van der Waals surface area contributed by atoms with Crippen LogP contribution in [0.3, 0.4) is 0 Å². The maximum absolute atomic E-state index is 6.37. The molecule has 0 radical (unpaired) electrons. The zero-order valence-corrected chi connectivity index (χ0v) is 37.9. The van der Waals surface area contributed by atoms with Crippen LogP contribution >= 0.6 is 0 Å². The third-order valence-electron chi connectivity index (χ3n) is 13.2. The van der Waals surface area contributed by atoms with E-state index in [-0.39, 0.29) is 0 Å². The molecule has 0 N–H and O–H groups in total. The number of hydrogen-bond donors (Lipinski definition) is 0. The molecule has 14 aromatic rings. The molecular formula is C63H42N4O2. The molecule has 4 aromatic heterocycles. The van der Waals surface area contributed by atoms with Crippen LogP contribution < -0.4 is 0 Å². The van der Waals surface area contributed by atoms with Gasteiger partial charge in [0.05, 0.1) is 11.0 Å². The Morgan fingerprint density at radius 2 is 0.841 bits per heavy atom. The summed E-state index contributed by atoms with van der Waals surface area (Å²) < 4.78 is 14.8. The standard InChI is InChI=1S/C61H36N4O2.C2H6/c1-2-13-37(14-3-1)59-62-60(45-27-29-49-47-21-6-8-25-54(47)67-57(49)36-45)64-61(63-59)65-53-35-42-16-5-4-15-41(42)33-51(53)50-24-12-23-46(58(50)65)44-20-11-19-40(32-44)38-17-10-18-39(31-38)43-28-30-56-52(34-43)48-22-7-9-26-55(48)66-56;1-2/h1-36H;1-2H3. The number of para-hydroxylation sites is 3. The Morgan fingerprint density at radius 3 is 1.59 bits per heavy atom. The molecule has 0 aliphatic carbocycles. The van der Waals surface area contributed by atoms with E-state index in [0.29, 0.717) is 17.6 Å². The highest BCUT2D eigenvalue weighted by atomic mass is 16.3. The smallest absolute Gasteiger partial charge is 0.238 e. The lowest BCUT2D eigenvalue weighted by molar-refractivity contribution is 0.668. The van der Waals surface area contributed by atoms with Gasteiger partial charge in [0.25, 0.3) is 0 Å². The highest BCUT2D eigenvalue weighted by Crippen LogP contribution is 2.42. The lowest BCUT2D eigenvalue weighted by atomic mass is 9.95. The molecule has 0 amide bonds. The van der Waals surface area contributed by atoms with Gasteiger partial charge in [0.1, 0.15) is 22.3 Å². The van der Waals surface area contributed by atoms with Gasteiger partial charge < -0.3 is 8.83 Å². The van der Waals surface area contributed by atoms with Crippen molar-refractivity contribution in [3.8, 4) is 62.1 Å². The molecule has 0 aliphatic heterocycles. The summed E-state index contributed by atoms with van der Waals surface area (Å²) >= 11 is 0. The summed E-state index contributed by atoms with van der Waals surface area (Å²) in [5.74, 6) is 1.67. The highest BCUT2D eigenvalue weighted by Gasteiger charge is 2.22. The Kier molecular flexibility index (Phi) is 9.51. The van der Waals surface area contributed by atoms with Crippen molar-refractivity contribution in [3.05, 3.63) is 218 Å². The van der Waals surface area contributed by atoms with Crippen LogP contribution in [0, 0.1) is 0 Å². The number of fused-ring (bicyclic) bond motifs is 10. The fourth-order valence-corrected chi connectivity index (χ4v) is 10.0. The Morgan fingerprint density at radius 1 is 0.319 bits per heavy atom. The Hall–Kier alpha value is -9.13. The average Bonchev–Trinajstić information content (AvgIpc) is 4.10. The Balaban J connectivity index is 0.00000232. The van der Waals surface area contributed by atoms with Crippen LogP contribution in [0.2, 0.25) is 0 Å². The van der Waals surface area contributed by atoms with Crippen LogP contribution in [-0.2, 0) is 0 Å². The van der Waals surface area contributed by atoms with Gasteiger partial charge in [-0.05, 0) is 99.3 Å². The molecule has 0 fully saturated rings. The summed E-state index contributed by atoms with van der Waals surface area (Å²) in [5, 5.41) is 8.90. The summed E-state index contributed by atoms with van der Waals surface area (Å²) in [7, 11) is 0. The molecule has 0 saturated carbocycles. The molecule has 69 heavy (non-hydrogen) atoms. The highest BCUT2D eigenvalue weighted by molar-refractivity contribution is 6.17. The van der Waals surface area contributed by atoms with Crippen molar-refractivity contribution in [2.45, 2.75) is 13.8 Å². The molecule has 4 heterocycles. The second-order valence-corrected chi connectivity index (χ2v) is 17.2. The lowest BCUT2D eigenvalue weighted by Gasteiger charge is -2.14. The Bertz CT molecular complexity index is 4290. The molecule has 6 nitrogen and oxygen atoms in total. The summed E-state index contributed by atoms with van der Waals surface area (Å²) in [4.78, 5) is 15.9. The van der Waals surface area contributed by atoms with E-state index in [1.807, 2.05) is 68.4 Å². The number of rotatable bonds is 6. The summed E-state index contributed by atoms with van der Waals surface area (Å²) in [6.45, 7) is 4.00. The van der Waals surface area contributed by atoms with Gasteiger partial charge in [-0.1, -0.05) is 172 Å². The minimum absolute atomic E-state index is 0.530. The van der Waals surface area contributed by atoms with E-state index in [1.165, 1.54) is 5.39 Å². The van der Waals surface area contributed by atoms with Gasteiger partial charge in [-0.3, -0.25) is 4.57 Å². The maximum Gasteiger partial charge on any atom is 0.238 e. The van der Waals surface area contributed by atoms with Crippen LogP contribution in [0.5, 0.6) is 0 Å². The molecule has 10 aromatic carbocycles. The molecule has 326 valence electrons. The Labute approximate surface area is 397 Å². The van der Waals surface area contributed by atoms with Gasteiger partial charge in [-0.25, -0.2) is 4.98 Å². The monoisotopic (exact) mass is 886 g/mol. The summed E-state index contributed by atoms with van der Waals surface area (Å²) in [5.41, 5.74) is 13.9. The predicted octanol–water partition coefficient (Wildman–Crippen LogP) is 17.3. The van der Waals surface area contributed by atoms with Crippen LogP contribution in [0.1, 0.15) is 13.8 Å². The molecule has 0 spiro atoms. The molecule has 0 atom stereocenters. The molecule has 0 saturated heterocycles. The SMILES string of the molecule is CC.c1ccc(-c2nc(-c3ccc4c(c3)oc3ccccc34)nc(-n3c4cc5ccccc5cc4c4cccc(-c5cccc(-c6cccc(-c7ccc8oc9ccccc9c8c7)c6)c5)c43)n2)cc1. The number of hydrogen-bond acceptors (Lipinski definition) is 5. The third-order valence-corrected chi connectivity index (χ3v) is 13.2. The van der Waals surface area contributed by atoms with E-state index in [2.05, 4.69) is 168 Å². The molecule has 0 aliphatic rings. The van der Waals surface area contributed by atoms with Gasteiger partial charge in [0.15, 0.2) is 11.6 Å². The average molecular weight is 887 g/mol. The van der Waals surface area contributed by atoms with Crippen LogP contribution in [0.25, 0.3) is 139 Å². The van der Waals surface area contributed by atoms with Gasteiger partial charge in [-0.15, -0.1) is 0 Å². The van der Waals surface area contributed by atoms with Gasteiger partial charge in [0, 0.05) is 49.0 Å². The summed E-state index contributed by atoms with van der Waals surface area (Å²) in [6.07, 6.45) is 0. The zero-order valence-electron chi connectivity index (χ0n) is 37.9. The second-order valence-electron chi connectivity index (χ2n) is 17.2. The van der Waals surface area contributed by atoms with Crippen molar-refractivity contribution in [3.63, 3.8) is 0 Å². The second kappa shape index (κ2) is 16.3. The fourth-order valence-electron chi connectivity index (χ4n) is 10.0. The van der Waals surface area contributed by atoms with E-state index < -0.39 is 0 Å². The van der Waals surface area contributed by atoms with Crippen LogP contribution in [0.4, 0.5) is 0 Å². The van der Waals surface area contributed by atoms with E-state index >= 15 is 0 Å². The third kappa shape index (κ3) is 6.76. The maximum atomic E-state index is 6.37. The predicted molar refractivity (Wildman–Crippen MR) is 285 cm³/mol. The molecule has 0 bridgehead atoms. The van der Waals surface area contributed by atoms with Crippen LogP contribution in [-0.4, -0.2) is 19.5 Å². The van der Waals surface area contributed by atoms with Gasteiger partial charge >= 0.3 is 0 Å². The first-order valence-corrected chi connectivity index (χ1v) is 23.5. The van der Waals surface area contributed by atoms with Crippen molar-refractivity contribution in [2.75, 3.05) is 0 Å². The topological polar surface area (TPSA) is 69.9 Å². The quantitative estimate of drug-likeness (QED) is 0.166. The van der Waals surface area contributed by atoms with E-state index in [9.17, 15) is 0 Å². The van der Waals surface area contributed by atoms with Crippen molar-refractivity contribution < 1.29 is 8.83 Å². The van der Waals surface area contributed by atoms with Crippen LogP contribution in [0.15, 0.2) is 227 Å². The first kappa shape index (κ1) is 40.2. The number of benzene rings is 10. The minimum Gasteiger partial charge on any atom is -0.456 e. The van der Waals surface area contributed by atoms with E-state index in [0.717, 1.165) is 116 Å². The first-order valence-electron chi connectivity index (χ1n) is 23.5. The van der Waals surface area contributed by atoms with Crippen molar-refractivity contribution >= 4 is 76.5 Å². The van der Waals surface area contributed by atoms with E-state index in [4.69, 9.17) is 23.8 Å². The van der Waals surface area contributed by atoms with Crippen molar-refractivity contribution in [1.82, 2.24) is 19.5 Å². The van der Waals surface area contributed by atoms with E-state index in [1.54, 1.807) is 0 Å². The normalized spacial score (nSPS) is 11.6. The molecule has 14 rings (SSSR count). The zero-order chi connectivity index (χ0) is 46.0.